The van der Waals surface area contributed by atoms with Crippen LogP contribution in [0.4, 0.5) is 0 Å². The van der Waals surface area contributed by atoms with Gasteiger partial charge >= 0.3 is 5.97 Å². The van der Waals surface area contributed by atoms with Gasteiger partial charge in [0.2, 0.25) is 0 Å². The lowest BCUT2D eigenvalue weighted by Crippen LogP contribution is -2.46. The summed E-state index contributed by atoms with van der Waals surface area (Å²) in [6.45, 7) is 2.19. The fourth-order valence-electron chi connectivity index (χ4n) is 2.18. The summed E-state index contributed by atoms with van der Waals surface area (Å²) in [5.41, 5.74) is 0. The predicted molar refractivity (Wildman–Crippen MR) is 45.1 cm³/mol. The molecule has 1 heterocycles. The Morgan fingerprint density at radius 2 is 2.46 bits per heavy atom. The number of ketones is 1. The summed E-state index contributed by atoms with van der Waals surface area (Å²) in [5, 5.41) is 3.00. The molecule has 3 atom stereocenters. The van der Waals surface area contributed by atoms with Crippen LogP contribution in [0.25, 0.3) is 0 Å². The predicted octanol–water partition coefficient (Wildman–Crippen LogP) is -0.131. The van der Waals surface area contributed by atoms with E-state index in [0.717, 1.165) is 6.42 Å². The molecule has 0 unspecified atom stereocenters. The van der Waals surface area contributed by atoms with Crippen molar-refractivity contribution in [1.29, 1.82) is 0 Å². The molecule has 2 aliphatic rings. The van der Waals surface area contributed by atoms with E-state index in [4.69, 9.17) is 4.74 Å². The second kappa shape index (κ2) is 3.10. The van der Waals surface area contributed by atoms with Gasteiger partial charge in [-0.1, -0.05) is 0 Å². The average Bonchev–Trinajstić information content (AvgIpc) is 2.62. The van der Waals surface area contributed by atoms with Gasteiger partial charge in [0.15, 0.2) is 0 Å². The Hall–Kier alpha value is -0.900. The van der Waals surface area contributed by atoms with Crippen molar-refractivity contribution in [3.05, 3.63) is 0 Å². The third kappa shape index (κ3) is 1.35. The molecule has 0 spiro atoms. The monoisotopic (exact) mass is 183 g/mol. The molecule has 4 nitrogen and oxygen atoms in total. The third-order valence-corrected chi connectivity index (χ3v) is 2.78. The van der Waals surface area contributed by atoms with E-state index < -0.39 is 0 Å². The Bertz CT molecular complexity index is 251. The van der Waals surface area contributed by atoms with Crippen LogP contribution >= 0.6 is 0 Å². The van der Waals surface area contributed by atoms with Crippen molar-refractivity contribution in [3.8, 4) is 0 Å². The van der Waals surface area contributed by atoms with Crippen LogP contribution in [0, 0.1) is 5.92 Å². The zero-order valence-electron chi connectivity index (χ0n) is 7.58. The fourth-order valence-corrected chi connectivity index (χ4v) is 2.18. The quantitative estimate of drug-likeness (QED) is 0.606. The molecular formula is C9H13NO3. The van der Waals surface area contributed by atoms with Crippen molar-refractivity contribution in [2.24, 2.45) is 5.92 Å². The number of hydrogen-bond donors (Lipinski definition) is 1. The van der Waals surface area contributed by atoms with Crippen molar-refractivity contribution in [1.82, 2.24) is 5.32 Å². The first-order chi connectivity index (χ1) is 6.22. The van der Waals surface area contributed by atoms with Gasteiger partial charge in [-0.15, -0.1) is 0 Å². The number of esters is 1. The summed E-state index contributed by atoms with van der Waals surface area (Å²) in [7, 11) is 0. The number of carbonyl (C=O) groups is 2. The summed E-state index contributed by atoms with van der Waals surface area (Å²) < 4.78 is 4.90. The molecule has 0 radical (unpaired) electrons. The van der Waals surface area contributed by atoms with Crippen LogP contribution in [-0.4, -0.2) is 30.4 Å². The number of nitrogens with one attached hydrogen (secondary N) is 1. The number of rotatable bonds is 2. The molecule has 1 N–H and O–H groups in total. The molecule has 0 amide bonds. The van der Waals surface area contributed by atoms with E-state index in [9.17, 15) is 9.59 Å². The van der Waals surface area contributed by atoms with Crippen molar-refractivity contribution in [2.45, 2.75) is 31.8 Å². The van der Waals surface area contributed by atoms with Gasteiger partial charge < -0.3 is 4.74 Å². The van der Waals surface area contributed by atoms with Crippen molar-refractivity contribution in [2.75, 3.05) is 6.61 Å². The second-order valence-corrected chi connectivity index (χ2v) is 3.62. The van der Waals surface area contributed by atoms with Crippen molar-refractivity contribution < 1.29 is 14.3 Å². The van der Waals surface area contributed by atoms with Crippen LogP contribution < -0.4 is 5.32 Å². The van der Waals surface area contributed by atoms with Crippen LogP contribution in [0.2, 0.25) is 0 Å². The topological polar surface area (TPSA) is 55.4 Å². The van der Waals surface area contributed by atoms with Gasteiger partial charge in [-0.2, -0.15) is 0 Å². The lowest BCUT2D eigenvalue weighted by atomic mass is 10.00. The zero-order valence-corrected chi connectivity index (χ0v) is 7.58. The van der Waals surface area contributed by atoms with Crippen molar-refractivity contribution in [3.63, 3.8) is 0 Å². The minimum atomic E-state index is -0.234. The van der Waals surface area contributed by atoms with Gasteiger partial charge in [0.25, 0.3) is 0 Å². The maximum absolute atomic E-state index is 11.3. The number of ether oxygens (including phenoxy) is 1. The molecular weight excluding hydrogens is 170 g/mol. The molecule has 4 heteroatoms. The van der Waals surface area contributed by atoms with Gasteiger partial charge in [0.1, 0.15) is 11.8 Å². The van der Waals surface area contributed by atoms with Crippen LogP contribution in [0.3, 0.4) is 0 Å². The summed E-state index contributed by atoms with van der Waals surface area (Å²) in [6, 6.07) is -0.318. The van der Waals surface area contributed by atoms with Gasteiger partial charge in [-0.25, -0.2) is 0 Å². The Morgan fingerprint density at radius 1 is 1.69 bits per heavy atom. The SMILES string of the molecule is CCOC(=O)[C@@H]1N[C@@H]2C[C@H]1CC2=O. The van der Waals surface area contributed by atoms with Crippen LogP contribution in [0.1, 0.15) is 19.8 Å². The maximum Gasteiger partial charge on any atom is 0.323 e. The van der Waals surface area contributed by atoms with Crippen LogP contribution in [-0.2, 0) is 14.3 Å². The Balaban J connectivity index is 1.98. The minimum Gasteiger partial charge on any atom is -0.465 e. The number of fused-ring (bicyclic) bond motifs is 2. The Labute approximate surface area is 76.6 Å². The fraction of sp³-hybridized carbons (Fsp3) is 0.778. The highest BCUT2D eigenvalue weighted by Gasteiger charge is 2.48. The first-order valence-corrected chi connectivity index (χ1v) is 4.67. The summed E-state index contributed by atoms with van der Waals surface area (Å²) in [5.74, 6) is 0.213. The molecule has 2 fully saturated rings. The first-order valence-electron chi connectivity index (χ1n) is 4.67. The van der Waals surface area contributed by atoms with Gasteiger partial charge in [-0.3, -0.25) is 14.9 Å². The van der Waals surface area contributed by atoms with E-state index in [0.29, 0.717) is 13.0 Å². The summed E-state index contributed by atoms with van der Waals surface area (Å²) in [4.78, 5) is 22.5. The molecule has 1 saturated heterocycles. The highest BCUT2D eigenvalue weighted by atomic mass is 16.5. The molecule has 0 aromatic carbocycles. The van der Waals surface area contributed by atoms with Gasteiger partial charge in [0.05, 0.1) is 12.6 Å². The molecule has 1 aliphatic carbocycles. The van der Waals surface area contributed by atoms with Gasteiger partial charge in [0, 0.05) is 6.42 Å². The van der Waals surface area contributed by atoms with Crippen LogP contribution in [0.15, 0.2) is 0 Å². The molecule has 2 rings (SSSR count). The lowest BCUT2D eigenvalue weighted by molar-refractivity contribution is -0.147. The molecule has 72 valence electrons. The number of carbonyl (C=O) groups excluding carboxylic acids is 2. The zero-order chi connectivity index (χ0) is 9.42. The molecule has 0 aromatic rings. The number of Topliss-reactive ketones (excluding diaryl/α,β-unsaturated/α-hetero) is 1. The lowest BCUT2D eigenvalue weighted by Gasteiger charge is -2.20. The van der Waals surface area contributed by atoms with E-state index in [1.807, 2.05) is 0 Å². The third-order valence-electron chi connectivity index (χ3n) is 2.78. The van der Waals surface area contributed by atoms with E-state index in [1.54, 1.807) is 6.92 Å². The van der Waals surface area contributed by atoms with E-state index >= 15 is 0 Å². The minimum absolute atomic E-state index is 0.0839. The highest BCUT2D eigenvalue weighted by Crippen LogP contribution is 2.33. The molecule has 1 aliphatic heterocycles. The Kier molecular flexibility index (Phi) is 2.07. The molecule has 13 heavy (non-hydrogen) atoms. The second-order valence-electron chi connectivity index (χ2n) is 3.62. The van der Waals surface area contributed by atoms with E-state index in [2.05, 4.69) is 5.32 Å². The van der Waals surface area contributed by atoms with E-state index in [-0.39, 0.29) is 29.8 Å². The average molecular weight is 183 g/mol. The summed E-state index contributed by atoms with van der Waals surface area (Å²) >= 11 is 0. The van der Waals surface area contributed by atoms with Crippen molar-refractivity contribution >= 4 is 11.8 Å². The largest absolute Gasteiger partial charge is 0.465 e. The van der Waals surface area contributed by atoms with Gasteiger partial charge in [-0.05, 0) is 19.3 Å². The molecule has 2 bridgehead atoms. The normalized spacial score (nSPS) is 36.7. The number of hydrogen-bond acceptors (Lipinski definition) is 4. The first kappa shape index (κ1) is 8.69. The molecule has 0 aromatic heterocycles. The Morgan fingerprint density at radius 3 is 2.92 bits per heavy atom. The maximum atomic E-state index is 11.3. The summed E-state index contributed by atoms with van der Waals surface area (Å²) in [6.07, 6.45) is 1.35. The number of piperidine rings is 1. The highest BCUT2D eigenvalue weighted by molar-refractivity contribution is 5.91. The standard InChI is InChI=1S/C9H13NO3/c1-2-13-9(12)8-5-3-6(10-8)7(11)4-5/h5-6,8,10H,2-4H2,1H3/t5-,6+,8+/m0/s1. The smallest absolute Gasteiger partial charge is 0.323 e. The molecule has 1 saturated carbocycles. The van der Waals surface area contributed by atoms with E-state index in [1.165, 1.54) is 0 Å². The van der Waals surface area contributed by atoms with Crippen LogP contribution in [0.5, 0.6) is 0 Å².